The van der Waals surface area contributed by atoms with Crippen molar-refractivity contribution in [1.82, 2.24) is 9.66 Å². The molecule has 1 saturated carbocycles. The van der Waals surface area contributed by atoms with Gasteiger partial charge < -0.3 is 19.5 Å². The van der Waals surface area contributed by atoms with E-state index in [0.29, 0.717) is 33.4 Å². The molecule has 196 valence electrons. The maximum absolute atomic E-state index is 12.1. The Morgan fingerprint density at radius 1 is 1.21 bits per heavy atom. The summed E-state index contributed by atoms with van der Waals surface area (Å²) in [5.41, 5.74) is 3.60. The third-order valence-electron chi connectivity index (χ3n) is 6.10. The first-order chi connectivity index (χ1) is 19.1. The fraction of sp³-hybridized carbons (Fsp3) is 0.179. The molecule has 1 aliphatic heterocycles. The molecule has 10 nitrogen and oxygen atoms in total. The number of hydrogen-bond acceptors (Lipinski definition) is 9. The number of anilines is 1. The van der Waals surface area contributed by atoms with Crippen molar-refractivity contribution in [2.24, 2.45) is 16.0 Å². The molecule has 0 unspecified atom stereocenters. The highest BCUT2D eigenvalue weighted by Crippen LogP contribution is 2.35. The highest BCUT2D eigenvalue weighted by molar-refractivity contribution is 7.07. The molecule has 0 atom stereocenters. The summed E-state index contributed by atoms with van der Waals surface area (Å²) < 4.78 is 18.2. The zero-order valence-electron chi connectivity index (χ0n) is 20.9. The van der Waals surface area contributed by atoms with Crippen molar-refractivity contribution >= 4 is 40.8 Å². The molecule has 1 amide bonds. The first-order valence-corrected chi connectivity index (χ1v) is 13.1. The average molecular weight is 542 g/mol. The van der Waals surface area contributed by atoms with Gasteiger partial charge in [0.05, 0.1) is 42.5 Å². The van der Waals surface area contributed by atoms with E-state index in [1.54, 1.807) is 41.5 Å². The Bertz CT molecular complexity index is 1660. The Morgan fingerprint density at radius 2 is 2.10 bits per heavy atom. The third-order valence-corrected chi connectivity index (χ3v) is 6.91. The van der Waals surface area contributed by atoms with Gasteiger partial charge in [0, 0.05) is 17.1 Å². The van der Waals surface area contributed by atoms with Gasteiger partial charge in [-0.2, -0.15) is 5.10 Å². The molecule has 0 bridgehead atoms. The number of esters is 1. The highest BCUT2D eigenvalue weighted by atomic mass is 32.1. The molecule has 11 heteroatoms. The summed E-state index contributed by atoms with van der Waals surface area (Å²) in [6.07, 6.45) is 6.76. The number of methoxy groups -OCH3 is 1. The van der Waals surface area contributed by atoms with E-state index in [1.807, 2.05) is 35.7 Å². The molecule has 39 heavy (non-hydrogen) atoms. The first-order valence-electron chi connectivity index (χ1n) is 12.2. The summed E-state index contributed by atoms with van der Waals surface area (Å²) in [7, 11) is 1.53. The van der Waals surface area contributed by atoms with Gasteiger partial charge in [0.2, 0.25) is 4.80 Å². The van der Waals surface area contributed by atoms with E-state index in [-0.39, 0.29) is 24.4 Å². The van der Waals surface area contributed by atoms with Crippen LogP contribution in [0.1, 0.15) is 18.4 Å². The van der Waals surface area contributed by atoms with E-state index in [1.165, 1.54) is 18.4 Å². The average Bonchev–Trinajstić information content (AvgIpc) is 3.74. The molecule has 1 N–H and O–H groups in total. The Morgan fingerprint density at radius 3 is 2.90 bits per heavy atom. The number of aromatic nitrogens is 2. The summed E-state index contributed by atoms with van der Waals surface area (Å²) >= 11 is 1.42. The van der Waals surface area contributed by atoms with Crippen LogP contribution in [0.4, 0.5) is 11.4 Å². The third kappa shape index (κ3) is 5.43. The number of hydrogen-bond donors (Lipinski definition) is 1. The number of ether oxygens (including phenoxy) is 3. The molecule has 1 fully saturated rings. The molecular formula is C28H23N5O5S. The minimum Gasteiger partial charge on any atom is -0.493 e. The van der Waals surface area contributed by atoms with Crippen molar-refractivity contribution in [3.05, 3.63) is 76.7 Å². The van der Waals surface area contributed by atoms with Gasteiger partial charge in [-0.3, -0.25) is 14.6 Å². The first kappa shape index (κ1) is 24.6. The zero-order chi connectivity index (χ0) is 26.8. The number of pyridine rings is 1. The molecule has 4 aromatic rings. The van der Waals surface area contributed by atoms with Crippen molar-refractivity contribution < 1.29 is 23.8 Å². The van der Waals surface area contributed by atoms with Crippen LogP contribution in [0.5, 0.6) is 17.2 Å². The van der Waals surface area contributed by atoms with Crippen LogP contribution in [0.3, 0.4) is 0 Å². The van der Waals surface area contributed by atoms with Crippen molar-refractivity contribution in [3.63, 3.8) is 0 Å². The number of rotatable bonds is 7. The van der Waals surface area contributed by atoms with E-state index in [2.05, 4.69) is 10.3 Å². The number of carbonyl (C=O) groups is 2. The van der Waals surface area contributed by atoms with Gasteiger partial charge in [-0.25, -0.2) is 9.67 Å². The van der Waals surface area contributed by atoms with Crippen molar-refractivity contribution in [2.75, 3.05) is 19.0 Å². The predicted octanol–water partition coefficient (Wildman–Crippen LogP) is 4.38. The number of benzene rings is 2. The Hall–Kier alpha value is -4.77. The fourth-order valence-electron chi connectivity index (χ4n) is 3.94. The minimum absolute atomic E-state index is 0.00867. The number of amides is 1. The van der Waals surface area contributed by atoms with Crippen molar-refractivity contribution in [3.8, 4) is 28.5 Å². The maximum Gasteiger partial charge on any atom is 0.314 e. The van der Waals surface area contributed by atoms with Gasteiger partial charge in [-0.15, -0.1) is 11.3 Å². The topological polar surface area (TPSA) is 116 Å². The van der Waals surface area contributed by atoms with Gasteiger partial charge in [-0.1, -0.05) is 0 Å². The molecule has 0 radical (unpaired) electrons. The lowest BCUT2D eigenvalue weighted by Crippen LogP contribution is -2.25. The highest BCUT2D eigenvalue weighted by Gasteiger charge is 2.32. The van der Waals surface area contributed by atoms with Crippen LogP contribution in [0.25, 0.3) is 11.3 Å². The summed E-state index contributed by atoms with van der Waals surface area (Å²) in [6, 6.07) is 14.5. The molecule has 1 aliphatic carbocycles. The lowest BCUT2D eigenvalue weighted by Gasteiger charge is -2.18. The standard InChI is InChI=1S/C28H23N5O5S/c1-36-25-11-17(4-8-24(25)38-27(35)18-5-6-18)13-30-33-22(16-39-28(33)31-20-3-2-10-29-14-20)19-7-9-23-21(12-19)32-26(34)15-37-23/h2-4,7-14,16,18H,5-6,15H2,1H3,(H,32,34). The van der Waals surface area contributed by atoms with Crippen molar-refractivity contribution in [2.45, 2.75) is 12.8 Å². The Labute approximate surface area is 227 Å². The van der Waals surface area contributed by atoms with Crippen LogP contribution < -0.4 is 24.3 Å². The van der Waals surface area contributed by atoms with Gasteiger partial charge >= 0.3 is 5.97 Å². The summed E-state index contributed by atoms with van der Waals surface area (Å²) in [4.78, 5) is 33.5. The lowest BCUT2D eigenvalue weighted by molar-refractivity contribution is -0.135. The number of nitrogens with zero attached hydrogens (tertiary/aromatic N) is 4. The molecule has 3 heterocycles. The van der Waals surface area contributed by atoms with Gasteiger partial charge in [-0.05, 0) is 66.9 Å². The second-order valence-corrected chi connectivity index (χ2v) is 9.77. The quantitative estimate of drug-likeness (QED) is 0.211. The fourth-order valence-corrected chi connectivity index (χ4v) is 4.80. The summed E-state index contributed by atoms with van der Waals surface area (Å²) in [5, 5.41) is 9.54. The second kappa shape index (κ2) is 10.5. The second-order valence-electron chi connectivity index (χ2n) is 8.94. The molecule has 0 saturated heterocycles. The van der Waals surface area contributed by atoms with Crippen LogP contribution in [0.2, 0.25) is 0 Å². The normalized spacial score (nSPS) is 15.0. The smallest absolute Gasteiger partial charge is 0.314 e. The molecule has 0 spiro atoms. The maximum atomic E-state index is 12.1. The SMILES string of the molecule is COc1cc(C=Nn2c(-c3ccc4c(c3)NC(=O)CO4)csc2=Nc2cccnc2)ccc1OC(=O)C1CC1. The van der Waals surface area contributed by atoms with Crippen LogP contribution in [0.15, 0.2) is 76.4 Å². The largest absolute Gasteiger partial charge is 0.493 e. The van der Waals surface area contributed by atoms with E-state index in [0.717, 1.165) is 29.7 Å². The van der Waals surface area contributed by atoms with Gasteiger partial charge in [0.15, 0.2) is 18.1 Å². The summed E-state index contributed by atoms with van der Waals surface area (Å²) in [5.74, 6) is 0.966. The minimum atomic E-state index is -0.235. The van der Waals surface area contributed by atoms with Crippen molar-refractivity contribution in [1.29, 1.82) is 0 Å². The molecular weight excluding hydrogens is 518 g/mol. The van der Waals surface area contributed by atoms with E-state index in [4.69, 9.17) is 24.3 Å². The van der Waals surface area contributed by atoms with E-state index < -0.39 is 0 Å². The van der Waals surface area contributed by atoms with E-state index in [9.17, 15) is 9.59 Å². The zero-order valence-corrected chi connectivity index (χ0v) is 21.7. The lowest BCUT2D eigenvalue weighted by atomic mass is 10.1. The number of fused-ring (bicyclic) bond motifs is 1. The number of carbonyl (C=O) groups excluding carboxylic acids is 2. The molecule has 2 aromatic carbocycles. The van der Waals surface area contributed by atoms with Crippen LogP contribution in [-0.4, -0.2) is 41.5 Å². The summed E-state index contributed by atoms with van der Waals surface area (Å²) in [6.45, 7) is -0.00867. The molecule has 2 aromatic heterocycles. The van der Waals surface area contributed by atoms with Gasteiger partial charge in [0.25, 0.3) is 5.91 Å². The monoisotopic (exact) mass is 541 g/mol. The van der Waals surface area contributed by atoms with Crippen LogP contribution in [0, 0.1) is 5.92 Å². The molecule has 6 rings (SSSR count). The number of thiazole rings is 1. The van der Waals surface area contributed by atoms with Gasteiger partial charge in [0.1, 0.15) is 5.75 Å². The van der Waals surface area contributed by atoms with E-state index >= 15 is 0 Å². The van der Waals surface area contributed by atoms with Crippen LogP contribution in [-0.2, 0) is 9.59 Å². The molecule has 2 aliphatic rings. The Balaban J connectivity index is 1.38. The Kier molecular flexibility index (Phi) is 6.64. The predicted molar refractivity (Wildman–Crippen MR) is 146 cm³/mol. The van der Waals surface area contributed by atoms with Crippen LogP contribution >= 0.6 is 11.3 Å². The number of nitrogens with one attached hydrogen (secondary N) is 1.